The van der Waals surface area contributed by atoms with Crippen LogP contribution in [0.3, 0.4) is 0 Å². The predicted octanol–water partition coefficient (Wildman–Crippen LogP) is 2.48. The summed E-state index contributed by atoms with van der Waals surface area (Å²) in [5.74, 6) is -0.451. The number of nitrogens with zero attached hydrogens (tertiary/aromatic N) is 2. The molecule has 0 unspecified atom stereocenters. The van der Waals surface area contributed by atoms with Crippen LogP contribution in [0.2, 0.25) is 0 Å². The Kier molecular flexibility index (Phi) is 6.28. The molecular weight excluding hydrogens is 402 g/mol. The van der Waals surface area contributed by atoms with Crippen LogP contribution in [0.25, 0.3) is 0 Å². The molecule has 160 valence electrons. The fourth-order valence-corrected chi connectivity index (χ4v) is 5.01. The summed E-state index contributed by atoms with van der Waals surface area (Å²) >= 11 is 0. The summed E-state index contributed by atoms with van der Waals surface area (Å²) in [6, 6.07) is 14.0. The number of sulfonamides is 1. The summed E-state index contributed by atoms with van der Waals surface area (Å²) < 4.78 is 27.0. The first-order valence-corrected chi connectivity index (χ1v) is 11.3. The van der Waals surface area contributed by atoms with Gasteiger partial charge in [-0.1, -0.05) is 30.3 Å². The monoisotopic (exact) mass is 429 g/mol. The fraction of sp³-hybridized carbons (Fsp3) is 0.364. The number of hydrogen-bond donors (Lipinski definition) is 1. The molecule has 0 fully saturated rings. The Labute approximate surface area is 177 Å². The standard InChI is InChI=1S/C22H27N3O4S/c1-15-12-19-13-20(10-11-21(19)25(15)17(3)26)30(28,29)24(4)14-22(27)23-16(2)18-8-6-5-7-9-18/h5-11,13,15-16H,12,14H2,1-4H3,(H,23,27)/t15-,16+/m0/s1. The van der Waals surface area contributed by atoms with Gasteiger partial charge in [0.2, 0.25) is 21.8 Å². The minimum absolute atomic E-state index is 0.0153. The van der Waals surface area contributed by atoms with Crippen LogP contribution in [-0.4, -0.2) is 44.2 Å². The highest BCUT2D eigenvalue weighted by atomic mass is 32.2. The second-order valence-corrected chi connectivity index (χ2v) is 9.74. The van der Waals surface area contributed by atoms with Gasteiger partial charge in [-0.15, -0.1) is 0 Å². The van der Waals surface area contributed by atoms with Crippen molar-refractivity contribution in [1.29, 1.82) is 0 Å². The molecule has 30 heavy (non-hydrogen) atoms. The lowest BCUT2D eigenvalue weighted by molar-refractivity contribution is -0.121. The topological polar surface area (TPSA) is 86.8 Å². The van der Waals surface area contributed by atoms with Gasteiger partial charge in [-0.25, -0.2) is 8.42 Å². The van der Waals surface area contributed by atoms with E-state index in [1.807, 2.05) is 44.2 Å². The Morgan fingerprint density at radius 1 is 1.20 bits per heavy atom. The number of amides is 2. The van der Waals surface area contributed by atoms with Crippen molar-refractivity contribution in [3.8, 4) is 0 Å². The number of carbonyl (C=O) groups is 2. The molecule has 8 heteroatoms. The first kappa shape index (κ1) is 22.0. The number of hydrogen-bond acceptors (Lipinski definition) is 4. The van der Waals surface area contributed by atoms with Crippen molar-refractivity contribution >= 4 is 27.5 Å². The van der Waals surface area contributed by atoms with Crippen LogP contribution in [0.15, 0.2) is 53.4 Å². The molecule has 0 spiro atoms. The van der Waals surface area contributed by atoms with E-state index >= 15 is 0 Å². The highest BCUT2D eigenvalue weighted by molar-refractivity contribution is 7.89. The zero-order valence-electron chi connectivity index (χ0n) is 17.6. The fourth-order valence-electron chi connectivity index (χ4n) is 3.83. The Bertz CT molecular complexity index is 1050. The Hall–Kier alpha value is -2.71. The molecule has 3 rings (SSSR count). The number of fused-ring (bicyclic) bond motifs is 1. The van der Waals surface area contributed by atoms with Gasteiger partial charge in [0.15, 0.2) is 0 Å². The molecule has 0 aliphatic carbocycles. The van der Waals surface area contributed by atoms with Crippen molar-refractivity contribution < 1.29 is 18.0 Å². The molecular formula is C22H27N3O4S. The number of anilines is 1. The number of rotatable bonds is 6. The van der Waals surface area contributed by atoms with Crippen molar-refractivity contribution in [1.82, 2.24) is 9.62 Å². The van der Waals surface area contributed by atoms with Gasteiger partial charge in [0, 0.05) is 25.7 Å². The lowest BCUT2D eigenvalue weighted by Gasteiger charge is -2.21. The molecule has 2 aromatic rings. The third-order valence-corrected chi connectivity index (χ3v) is 7.16. The average molecular weight is 430 g/mol. The quantitative estimate of drug-likeness (QED) is 0.764. The van der Waals surface area contributed by atoms with E-state index in [9.17, 15) is 18.0 Å². The van der Waals surface area contributed by atoms with Crippen molar-refractivity contribution in [2.45, 2.75) is 44.2 Å². The first-order valence-electron chi connectivity index (χ1n) is 9.84. The highest BCUT2D eigenvalue weighted by Crippen LogP contribution is 2.34. The third-order valence-electron chi connectivity index (χ3n) is 5.36. The van der Waals surface area contributed by atoms with Crippen molar-refractivity contribution in [2.75, 3.05) is 18.5 Å². The Balaban J connectivity index is 1.72. The lowest BCUT2D eigenvalue weighted by atomic mass is 10.1. The number of likely N-dealkylation sites (N-methyl/N-ethyl adjacent to an activating group) is 1. The summed E-state index contributed by atoms with van der Waals surface area (Å²) in [5.41, 5.74) is 2.50. The lowest BCUT2D eigenvalue weighted by Crippen LogP contribution is -2.39. The van der Waals surface area contributed by atoms with E-state index in [0.717, 1.165) is 21.1 Å². The minimum atomic E-state index is -3.84. The molecule has 2 atom stereocenters. The zero-order chi connectivity index (χ0) is 22.1. The van der Waals surface area contributed by atoms with E-state index in [4.69, 9.17) is 0 Å². The number of benzene rings is 2. The van der Waals surface area contributed by atoms with Crippen molar-refractivity contribution in [3.63, 3.8) is 0 Å². The summed E-state index contributed by atoms with van der Waals surface area (Å²) in [6.07, 6.45) is 0.594. The summed E-state index contributed by atoms with van der Waals surface area (Å²) in [6.45, 7) is 5.00. The van der Waals surface area contributed by atoms with Gasteiger partial charge in [-0.2, -0.15) is 4.31 Å². The third kappa shape index (κ3) is 4.39. The molecule has 1 N–H and O–H groups in total. The molecule has 0 aromatic heterocycles. The van der Waals surface area contributed by atoms with Crippen LogP contribution in [0.1, 0.15) is 37.9 Å². The normalized spacial score (nSPS) is 17.0. The molecule has 1 aliphatic rings. The Morgan fingerprint density at radius 3 is 2.50 bits per heavy atom. The minimum Gasteiger partial charge on any atom is -0.348 e. The van der Waals surface area contributed by atoms with Crippen LogP contribution < -0.4 is 10.2 Å². The van der Waals surface area contributed by atoms with E-state index in [1.54, 1.807) is 17.0 Å². The van der Waals surface area contributed by atoms with Crippen LogP contribution >= 0.6 is 0 Å². The van der Waals surface area contributed by atoms with E-state index in [-0.39, 0.29) is 35.3 Å². The van der Waals surface area contributed by atoms with Crippen LogP contribution in [-0.2, 0) is 26.0 Å². The molecule has 0 bridgehead atoms. The van der Waals surface area contributed by atoms with Crippen LogP contribution in [0.5, 0.6) is 0 Å². The van der Waals surface area contributed by atoms with Gasteiger partial charge in [0.1, 0.15) is 0 Å². The SMILES string of the molecule is CC(=O)N1c2ccc(S(=O)(=O)N(C)CC(=O)N[C@H](C)c3ccccc3)cc2C[C@@H]1C. The average Bonchev–Trinajstić information content (AvgIpc) is 3.03. The van der Waals surface area contributed by atoms with Gasteiger partial charge >= 0.3 is 0 Å². The summed E-state index contributed by atoms with van der Waals surface area (Å²) in [5, 5.41) is 2.83. The molecule has 0 saturated carbocycles. The molecule has 1 heterocycles. The van der Waals surface area contributed by atoms with Gasteiger partial charge < -0.3 is 10.2 Å². The maximum Gasteiger partial charge on any atom is 0.243 e. The maximum absolute atomic E-state index is 13.0. The van der Waals surface area contributed by atoms with E-state index in [2.05, 4.69) is 5.32 Å². The largest absolute Gasteiger partial charge is 0.348 e. The van der Waals surface area contributed by atoms with Crippen LogP contribution in [0, 0.1) is 0 Å². The van der Waals surface area contributed by atoms with Gasteiger partial charge in [0.25, 0.3) is 0 Å². The Morgan fingerprint density at radius 2 is 1.87 bits per heavy atom. The summed E-state index contributed by atoms with van der Waals surface area (Å²) in [7, 11) is -2.45. The molecule has 2 amide bonds. The van der Waals surface area contributed by atoms with Gasteiger partial charge in [-0.05, 0) is 49.6 Å². The second kappa shape index (κ2) is 8.57. The highest BCUT2D eigenvalue weighted by Gasteiger charge is 2.31. The van der Waals surface area contributed by atoms with E-state index in [0.29, 0.717) is 6.42 Å². The predicted molar refractivity (Wildman–Crippen MR) is 116 cm³/mol. The smallest absolute Gasteiger partial charge is 0.243 e. The molecule has 1 aliphatic heterocycles. The number of carbonyl (C=O) groups excluding carboxylic acids is 2. The van der Waals surface area contributed by atoms with Crippen molar-refractivity contribution in [2.24, 2.45) is 0 Å². The molecule has 0 radical (unpaired) electrons. The van der Waals surface area contributed by atoms with E-state index in [1.165, 1.54) is 20.0 Å². The van der Waals surface area contributed by atoms with Crippen LogP contribution in [0.4, 0.5) is 5.69 Å². The zero-order valence-corrected chi connectivity index (χ0v) is 18.4. The van der Waals surface area contributed by atoms with Gasteiger partial charge in [0.05, 0.1) is 17.5 Å². The molecule has 7 nitrogen and oxygen atoms in total. The van der Waals surface area contributed by atoms with Gasteiger partial charge in [-0.3, -0.25) is 9.59 Å². The van der Waals surface area contributed by atoms with E-state index < -0.39 is 10.0 Å². The number of nitrogens with one attached hydrogen (secondary N) is 1. The molecule has 0 saturated heterocycles. The second-order valence-electron chi connectivity index (χ2n) is 7.69. The first-order chi connectivity index (χ1) is 14.1. The maximum atomic E-state index is 13.0. The summed E-state index contributed by atoms with van der Waals surface area (Å²) in [4.78, 5) is 26.1. The van der Waals surface area contributed by atoms with Crippen molar-refractivity contribution in [3.05, 3.63) is 59.7 Å². The molecule has 2 aromatic carbocycles.